The number of methoxy groups -OCH3 is 1. The summed E-state index contributed by atoms with van der Waals surface area (Å²) in [7, 11) is 1.55. The molecular formula is C26H20Cl2O6. The summed E-state index contributed by atoms with van der Waals surface area (Å²) >= 11 is 12.0. The topological polar surface area (TPSA) is 75.0 Å². The van der Waals surface area contributed by atoms with E-state index in [2.05, 4.69) is 0 Å². The van der Waals surface area contributed by atoms with Crippen molar-refractivity contribution < 1.29 is 23.4 Å². The summed E-state index contributed by atoms with van der Waals surface area (Å²) in [6.07, 6.45) is -1.07. The number of carbonyl (C=O) groups is 1. The van der Waals surface area contributed by atoms with Gasteiger partial charge in [-0.05, 0) is 68.4 Å². The number of ether oxygens (including phenoxy) is 3. The minimum Gasteiger partial charge on any atom is -0.497 e. The summed E-state index contributed by atoms with van der Waals surface area (Å²) in [6.45, 7) is 3.35. The Labute approximate surface area is 205 Å². The van der Waals surface area contributed by atoms with Gasteiger partial charge in [-0.3, -0.25) is 4.79 Å². The van der Waals surface area contributed by atoms with Crippen LogP contribution < -0.4 is 19.6 Å². The molecule has 0 N–H and O–H groups in total. The molecule has 0 aliphatic heterocycles. The molecular weight excluding hydrogens is 479 g/mol. The van der Waals surface area contributed by atoms with Crippen molar-refractivity contribution in [2.45, 2.75) is 20.0 Å². The van der Waals surface area contributed by atoms with Crippen molar-refractivity contribution in [2.75, 3.05) is 7.11 Å². The summed E-state index contributed by atoms with van der Waals surface area (Å²) < 4.78 is 22.4. The van der Waals surface area contributed by atoms with Crippen LogP contribution in [0.3, 0.4) is 0 Å². The first kappa shape index (κ1) is 23.7. The van der Waals surface area contributed by atoms with E-state index in [0.717, 1.165) is 5.56 Å². The van der Waals surface area contributed by atoms with E-state index in [-0.39, 0.29) is 22.3 Å². The zero-order chi connectivity index (χ0) is 24.4. The van der Waals surface area contributed by atoms with Crippen LogP contribution in [0.4, 0.5) is 0 Å². The highest BCUT2D eigenvalue weighted by molar-refractivity contribution is 6.35. The first-order chi connectivity index (χ1) is 16.3. The van der Waals surface area contributed by atoms with Crippen LogP contribution in [0.1, 0.15) is 12.5 Å². The average Bonchev–Trinajstić information content (AvgIpc) is 2.82. The molecule has 0 aliphatic carbocycles. The van der Waals surface area contributed by atoms with Gasteiger partial charge in [0.25, 0.3) is 0 Å². The Morgan fingerprint density at radius 1 is 1.00 bits per heavy atom. The molecule has 0 spiro atoms. The summed E-state index contributed by atoms with van der Waals surface area (Å²) in [5.74, 6) is -0.0185. The number of hydrogen-bond acceptors (Lipinski definition) is 6. The van der Waals surface area contributed by atoms with Gasteiger partial charge >= 0.3 is 5.97 Å². The third-order valence-electron chi connectivity index (χ3n) is 5.09. The minimum absolute atomic E-state index is 0.120. The first-order valence-electron chi connectivity index (χ1n) is 10.3. The van der Waals surface area contributed by atoms with Crippen molar-refractivity contribution in [2.24, 2.45) is 0 Å². The number of hydrogen-bond donors (Lipinski definition) is 0. The van der Waals surface area contributed by atoms with Crippen molar-refractivity contribution in [1.29, 1.82) is 0 Å². The molecule has 0 saturated carbocycles. The monoisotopic (exact) mass is 498 g/mol. The Morgan fingerprint density at radius 2 is 1.74 bits per heavy atom. The predicted octanol–water partition coefficient (Wildman–Crippen LogP) is 6.46. The molecule has 0 bridgehead atoms. The third kappa shape index (κ3) is 4.88. The summed E-state index contributed by atoms with van der Waals surface area (Å²) in [5, 5.41) is 0.974. The molecule has 8 heteroatoms. The second kappa shape index (κ2) is 9.79. The molecule has 0 fully saturated rings. The standard InChI is InChI=1S/C26H20Cl2O6/c1-14-4-10-21-19(12-14)23(29)25(24(33-21)16-5-8-18(31-3)9-6-16)34-26(30)15(2)32-22-11-7-17(27)13-20(22)28/h4-13,15H,1-3H3/t15-/m1/s1. The van der Waals surface area contributed by atoms with E-state index < -0.39 is 17.5 Å². The van der Waals surface area contributed by atoms with Crippen LogP contribution in [-0.2, 0) is 4.79 Å². The Bertz CT molecular complexity index is 1430. The highest BCUT2D eigenvalue weighted by Gasteiger charge is 2.25. The van der Waals surface area contributed by atoms with Gasteiger partial charge in [0.1, 0.15) is 17.1 Å². The fraction of sp³-hybridized carbons (Fsp3) is 0.154. The summed E-state index contributed by atoms with van der Waals surface area (Å²) in [6, 6.07) is 16.7. The van der Waals surface area contributed by atoms with E-state index >= 15 is 0 Å². The van der Waals surface area contributed by atoms with E-state index in [4.69, 9.17) is 41.8 Å². The SMILES string of the molecule is COc1ccc(-c2oc3ccc(C)cc3c(=O)c2OC(=O)[C@@H](C)Oc2ccc(Cl)cc2Cl)cc1. The molecule has 0 aliphatic rings. The zero-order valence-corrected chi connectivity index (χ0v) is 20.1. The van der Waals surface area contributed by atoms with Gasteiger partial charge in [-0.15, -0.1) is 0 Å². The zero-order valence-electron chi connectivity index (χ0n) is 18.6. The van der Waals surface area contributed by atoms with Crippen molar-refractivity contribution in [3.8, 4) is 28.6 Å². The molecule has 6 nitrogen and oxygen atoms in total. The normalized spacial score (nSPS) is 11.8. The molecule has 4 aromatic rings. The number of aryl methyl sites for hydroxylation is 1. The van der Waals surface area contributed by atoms with Gasteiger partial charge in [0.15, 0.2) is 11.9 Å². The van der Waals surface area contributed by atoms with Crippen LogP contribution in [0, 0.1) is 6.92 Å². The lowest BCUT2D eigenvalue weighted by atomic mass is 10.1. The van der Waals surface area contributed by atoms with Crippen LogP contribution in [0.15, 0.2) is 69.9 Å². The van der Waals surface area contributed by atoms with Gasteiger partial charge in [0.05, 0.1) is 17.5 Å². The largest absolute Gasteiger partial charge is 0.497 e. The lowest BCUT2D eigenvalue weighted by Crippen LogP contribution is -2.30. The maximum absolute atomic E-state index is 13.4. The minimum atomic E-state index is -1.07. The number of fused-ring (bicyclic) bond motifs is 1. The smallest absolute Gasteiger partial charge is 0.352 e. The maximum Gasteiger partial charge on any atom is 0.352 e. The van der Waals surface area contributed by atoms with Crippen LogP contribution in [0.25, 0.3) is 22.3 Å². The van der Waals surface area contributed by atoms with E-state index in [0.29, 0.717) is 27.3 Å². The molecule has 1 aromatic heterocycles. The number of rotatable bonds is 6. The molecule has 3 aromatic carbocycles. The lowest BCUT2D eigenvalue weighted by molar-refractivity contribution is -0.141. The molecule has 1 heterocycles. The number of esters is 1. The molecule has 0 unspecified atom stereocenters. The quantitative estimate of drug-likeness (QED) is 0.284. The van der Waals surface area contributed by atoms with Crippen molar-refractivity contribution in [3.05, 3.63) is 86.5 Å². The highest BCUT2D eigenvalue weighted by atomic mass is 35.5. The van der Waals surface area contributed by atoms with E-state index in [1.54, 1.807) is 55.6 Å². The maximum atomic E-state index is 13.4. The third-order valence-corrected chi connectivity index (χ3v) is 5.62. The second-order valence-electron chi connectivity index (χ2n) is 7.57. The molecule has 0 amide bonds. The summed E-state index contributed by atoms with van der Waals surface area (Å²) in [5.41, 5.74) is 1.31. The second-order valence-corrected chi connectivity index (χ2v) is 8.42. The van der Waals surface area contributed by atoms with Gasteiger partial charge in [-0.25, -0.2) is 4.79 Å². The van der Waals surface area contributed by atoms with Crippen molar-refractivity contribution in [3.63, 3.8) is 0 Å². The Hall–Kier alpha value is -3.48. The van der Waals surface area contributed by atoms with Crippen molar-refractivity contribution in [1.82, 2.24) is 0 Å². The van der Waals surface area contributed by atoms with Gasteiger partial charge in [0, 0.05) is 10.6 Å². The molecule has 1 atom stereocenters. The van der Waals surface area contributed by atoms with Gasteiger partial charge in [-0.1, -0.05) is 34.8 Å². The van der Waals surface area contributed by atoms with Gasteiger partial charge in [0.2, 0.25) is 11.2 Å². The van der Waals surface area contributed by atoms with Crippen LogP contribution >= 0.6 is 23.2 Å². The lowest BCUT2D eigenvalue weighted by Gasteiger charge is -2.16. The Balaban J connectivity index is 1.74. The highest BCUT2D eigenvalue weighted by Crippen LogP contribution is 2.33. The fourth-order valence-corrected chi connectivity index (χ4v) is 3.76. The molecule has 0 radical (unpaired) electrons. The van der Waals surface area contributed by atoms with E-state index in [9.17, 15) is 9.59 Å². The average molecular weight is 499 g/mol. The van der Waals surface area contributed by atoms with E-state index in [1.165, 1.54) is 13.0 Å². The van der Waals surface area contributed by atoms with Crippen LogP contribution in [-0.4, -0.2) is 19.2 Å². The number of halogens is 2. The summed E-state index contributed by atoms with van der Waals surface area (Å²) in [4.78, 5) is 26.3. The van der Waals surface area contributed by atoms with Crippen LogP contribution in [0.5, 0.6) is 17.2 Å². The molecule has 34 heavy (non-hydrogen) atoms. The van der Waals surface area contributed by atoms with Crippen LogP contribution in [0.2, 0.25) is 10.0 Å². The van der Waals surface area contributed by atoms with Crippen molar-refractivity contribution >= 4 is 40.1 Å². The Morgan fingerprint density at radius 3 is 2.41 bits per heavy atom. The number of benzene rings is 3. The predicted molar refractivity (Wildman–Crippen MR) is 131 cm³/mol. The van der Waals surface area contributed by atoms with E-state index in [1.807, 2.05) is 13.0 Å². The number of carbonyl (C=O) groups excluding carboxylic acids is 1. The van der Waals surface area contributed by atoms with Gasteiger partial charge < -0.3 is 18.6 Å². The first-order valence-corrected chi connectivity index (χ1v) is 11.1. The van der Waals surface area contributed by atoms with Gasteiger partial charge in [-0.2, -0.15) is 0 Å². The fourth-order valence-electron chi connectivity index (χ4n) is 3.31. The molecule has 0 saturated heterocycles. The molecule has 174 valence electrons. The Kier molecular flexibility index (Phi) is 6.82. The molecule has 4 rings (SSSR count).